The van der Waals surface area contributed by atoms with Crippen LogP contribution in [0.1, 0.15) is 37.3 Å². The third kappa shape index (κ3) is 4.68. The molecule has 4 aromatic rings. The van der Waals surface area contributed by atoms with E-state index >= 15 is 0 Å². The summed E-state index contributed by atoms with van der Waals surface area (Å²) in [6.45, 7) is 5.81. The van der Waals surface area contributed by atoms with Crippen molar-refractivity contribution in [3.63, 3.8) is 0 Å². The lowest BCUT2D eigenvalue weighted by Crippen LogP contribution is -2.20. The van der Waals surface area contributed by atoms with Crippen LogP contribution in [0.4, 0.5) is 26.0 Å². The Bertz CT molecular complexity index is 1380. The molecule has 0 radical (unpaired) electrons. The Kier molecular flexibility index (Phi) is 6.97. The van der Waals surface area contributed by atoms with Gasteiger partial charge in [-0.15, -0.1) is 0 Å². The Labute approximate surface area is 201 Å². The molecular weight excluding hydrogens is 456 g/mol. The molecule has 2 atom stereocenters. The summed E-state index contributed by atoms with van der Waals surface area (Å²) >= 11 is 1.49. The van der Waals surface area contributed by atoms with E-state index in [0.717, 1.165) is 17.5 Å². The van der Waals surface area contributed by atoms with Crippen molar-refractivity contribution < 1.29 is 13.2 Å². The van der Waals surface area contributed by atoms with Gasteiger partial charge in [0.1, 0.15) is 23.1 Å². The van der Waals surface area contributed by atoms with Gasteiger partial charge in [-0.3, -0.25) is 9.36 Å². The molecule has 0 aliphatic heterocycles. The number of anilines is 3. The van der Waals surface area contributed by atoms with Crippen molar-refractivity contribution in [1.82, 2.24) is 4.57 Å². The molecule has 5 nitrogen and oxygen atoms in total. The van der Waals surface area contributed by atoms with E-state index in [4.69, 9.17) is 4.42 Å². The molecule has 2 N–H and O–H groups in total. The summed E-state index contributed by atoms with van der Waals surface area (Å²) in [6.07, 6.45) is 2.37. The van der Waals surface area contributed by atoms with Gasteiger partial charge in [0.05, 0.1) is 17.3 Å². The van der Waals surface area contributed by atoms with E-state index in [1.807, 2.05) is 26.8 Å². The molecular formula is C26H27F2N3O2S. The molecule has 1 fully saturated rings. The van der Waals surface area contributed by atoms with Crippen molar-refractivity contribution in [2.45, 2.75) is 38.4 Å². The highest BCUT2D eigenvalue weighted by atomic mass is 32.2. The minimum atomic E-state index is -0.413. The fourth-order valence-corrected chi connectivity index (χ4v) is 4.93. The molecule has 0 bridgehead atoms. The molecule has 0 amide bonds. The topological polar surface area (TPSA) is 59.2 Å². The van der Waals surface area contributed by atoms with Gasteiger partial charge in [0.15, 0.2) is 5.58 Å². The average molecular weight is 484 g/mol. The van der Waals surface area contributed by atoms with Gasteiger partial charge in [0.25, 0.3) is 5.56 Å². The molecule has 0 spiro atoms. The first-order valence-electron chi connectivity index (χ1n) is 11.2. The van der Waals surface area contributed by atoms with Crippen molar-refractivity contribution in [2.24, 2.45) is 7.05 Å². The molecule has 0 saturated heterocycles. The number of aryl methyl sites for hydroxylation is 1. The number of hydrogen-bond acceptors (Lipinski definition) is 5. The van der Waals surface area contributed by atoms with Crippen molar-refractivity contribution >= 4 is 40.1 Å². The monoisotopic (exact) mass is 483 g/mol. The van der Waals surface area contributed by atoms with Gasteiger partial charge in [-0.1, -0.05) is 32.0 Å². The van der Waals surface area contributed by atoms with Crippen LogP contribution in [0.2, 0.25) is 0 Å². The van der Waals surface area contributed by atoms with Crippen molar-refractivity contribution in [3.05, 3.63) is 87.9 Å². The second-order valence-electron chi connectivity index (χ2n) is 8.02. The van der Waals surface area contributed by atoms with Crippen molar-refractivity contribution in [1.29, 1.82) is 0 Å². The molecule has 34 heavy (non-hydrogen) atoms. The molecule has 1 aliphatic rings. The second-order valence-corrected chi connectivity index (χ2v) is 9.06. The van der Waals surface area contributed by atoms with Crippen LogP contribution in [0.25, 0.3) is 11.0 Å². The number of hydrogen-bond donors (Lipinski definition) is 2. The smallest absolute Gasteiger partial charge is 0.263 e. The van der Waals surface area contributed by atoms with E-state index < -0.39 is 5.82 Å². The summed E-state index contributed by atoms with van der Waals surface area (Å²) in [5, 5.41) is 3.73. The van der Waals surface area contributed by atoms with Gasteiger partial charge in [-0.2, -0.15) is 0 Å². The zero-order valence-electron chi connectivity index (χ0n) is 19.5. The Morgan fingerprint density at radius 1 is 1.12 bits per heavy atom. The van der Waals surface area contributed by atoms with Crippen LogP contribution >= 0.6 is 11.9 Å². The van der Waals surface area contributed by atoms with E-state index in [1.165, 1.54) is 34.9 Å². The lowest BCUT2D eigenvalue weighted by atomic mass is 10.1. The summed E-state index contributed by atoms with van der Waals surface area (Å²) in [6, 6.07) is 13.1. The van der Waals surface area contributed by atoms with Gasteiger partial charge in [-0.25, -0.2) is 8.78 Å². The van der Waals surface area contributed by atoms with E-state index in [0.29, 0.717) is 22.5 Å². The third-order valence-electron chi connectivity index (χ3n) is 5.70. The van der Waals surface area contributed by atoms with Crippen LogP contribution in [0.15, 0.2) is 64.0 Å². The number of aromatic nitrogens is 1. The summed E-state index contributed by atoms with van der Waals surface area (Å²) in [7, 11) is 1.63. The molecule has 1 aliphatic carbocycles. The first-order valence-corrected chi connectivity index (χ1v) is 12.1. The second kappa shape index (κ2) is 9.93. The van der Waals surface area contributed by atoms with Gasteiger partial charge in [0.2, 0.25) is 0 Å². The van der Waals surface area contributed by atoms with Gasteiger partial charge >= 0.3 is 0 Å². The minimum absolute atomic E-state index is 0.239. The molecule has 2 heterocycles. The molecule has 2 unspecified atom stereocenters. The van der Waals surface area contributed by atoms with E-state index in [-0.39, 0.29) is 28.2 Å². The third-order valence-corrected chi connectivity index (χ3v) is 6.84. The number of rotatable bonds is 6. The first kappa shape index (κ1) is 23.9. The standard InChI is InChI=1S/C24H21F2N3O2S.C2H6/c1-13-6-7-19(18(26)10-13)27-23-21(22-16(8-9-31-22)24(30)29(23)2)28-32-20-12-17(20)14-4-3-5-15(25)11-14;1-2/h3-11,17,20,27-28H,12H2,1-2H3;1-2H3. The number of furan rings is 1. The van der Waals surface area contributed by atoms with Crippen LogP contribution in [-0.4, -0.2) is 9.82 Å². The summed E-state index contributed by atoms with van der Waals surface area (Å²) in [4.78, 5) is 12.8. The molecule has 5 rings (SSSR count). The Morgan fingerprint density at radius 3 is 2.65 bits per heavy atom. The predicted molar refractivity (Wildman–Crippen MR) is 136 cm³/mol. The maximum atomic E-state index is 14.5. The molecule has 178 valence electrons. The number of benzene rings is 2. The maximum Gasteiger partial charge on any atom is 0.263 e. The van der Waals surface area contributed by atoms with E-state index in [1.54, 1.807) is 37.4 Å². The van der Waals surface area contributed by atoms with Crippen molar-refractivity contribution in [2.75, 3.05) is 10.0 Å². The number of nitrogens with zero attached hydrogens (tertiary/aromatic N) is 1. The largest absolute Gasteiger partial charge is 0.462 e. The molecule has 1 saturated carbocycles. The maximum absolute atomic E-state index is 14.5. The van der Waals surface area contributed by atoms with Gasteiger partial charge in [0, 0.05) is 12.3 Å². The zero-order valence-corrected chi connectivity index (χ0v) is 20.3. The highest BCUT2D eigenvalue weighted by molar-refractivity contribution is 8.01. The average Bonchev–Trinajstić information content (AvgIpc) is 3.44. The normalized spacial score (nSPS) is 16.6. The summed E-state index contributed by atoms with van der Waals surface area (Å²) in [5.41, 5.74) is 2.74. The molecule has 2 aromatic heterocycles. The summed E-state index contributed by atoms with van der Waals surface area (Å²) < 4.78 is 38.5. The Morgan fingerprint density at radius 2 is 1.91 bits per heavy atom. The van der Waals surface area contributed by atoms with Gasteiger partial charge in [-0.05, 0) is 72.7 Å². The van der Waals surface area contributed by atoms with Crippen LogP contribution < -0.4 is 15.6 Å². The molecule has 8 heteroatoms. The lowest BCUT2D eigenvalue weighted by Gasteiger charge is -2.18. The number of nitrogens with one attached hydrogen (secondary N) is 2. The van der Waals surface area contributed by atoms with Gasteiger partial charge < -0.3 is 14.5 Å². The minimum Gasteiger partial charge on any atom is -0.462 e. The van der Waals surface area contributed by atoms with E-state index in [9.17, 15) is 13.6 Å². The van der Waals surface area contributed by atoms with Crippen molar-refractivity contribution in [3.8, 4) is 0 Å². The van der Waals surface area contributed by atoms with Crippen LogP contribution in [-0.2, 0) is 7.05 Å². The summed E-state index contributed by atoms with van der Waals surface area (Å²) in [5.74, 6) is -0.0125. The van der Waals surface area contributed by atoms with Crippen LogP contribution in [0.3, 0.4) is 0 Å². The quantitative estimate of drug-likeness (QED) is 0.286. The SMILES string of the molecule is CC.Cc1ccc(Nc2c(NSC3CC3c3cccc(F)c3)c3occc3c(=O)n2C)c(F)c1. The van der Waals surface area contributed by atoms with Crippen LogP contribution in [0, 0.1) is 18.6 Å². The van der Waals surface area contributed by atoms with Crippen LogP contribution in [0.5, 0.6) is 0 Å². The Balaban J connectivity index is 0.00000133. The highest BCUT2D eigenvalue weighted by Crippen LogP contribution is 2.50. The predicted octanol–water partition coefficient (Wildman–Crippen LogP) is 7.10. The number of pyridine rings is 1. The molecule has 2 aromatic carbocycles. The highest BCUT2D eigenvalue weighted by Gasteiger charge is 2.39. The number of halogens is 2. The number of fused-ring (bicyclic) bond motifs is 1. The fourth-order valence-electron chi connectivity index (χ4n) is 3.84. The Hall–Kier alpha value is -3.26. The van der Waals surface area contributed by atoms with E-state index in [2.05, 4.69) is 10.0 Å². The zero-order chi connectivity index (χ0) is 24.4. The first-order chi connectivity index (χ1) is 16.4. The fraction of sp³-hybridized carbons (Fsp3) is 0.269. The lowest BCUT2D eigenvalue weighted by molar-refractivity contribution is 0.616.